The highest BCUT2D eigenvalue weighted by atomic mass is 16.6. The molecule has 33 heavy (non-hydrogen) atoms. The summed E-state index contributed by atoms with van der Waals surface area (Å²) < 4.78 is 21.5. The second-order valence-corrected chi connectivity index (χ2v) is 7.83. The fraction of sp³-hybridized carbons (Fsp3) is 0.440. The molecule has 0 saturated heterocycles. The second-order valence-electron chi connectivity index (χ2n) is 7.83. The number of benzene rings is 2. The number of rotatable bonds is 7. The molecule has 1 aliphatic rings. The van der Waals surface area contributed by atoms with Gasteiger partial charge in [-0.15, -0.1) is 0 Å². The van der Waals surface area contributed by atoms with E-state index < -0.39 is 12.2 Å². The van der Waals surface area contributed by atoms with Gasteiger partial charge in [-0.2, -0.15) is 0 Å². The van der Waals surface area contributed by atoms with Crippen molar-refractivity contribution in [3.63, 3.8) is 0 Å². The lowest BCUT2D eigenvalue weighted by Gasteiger charge is -2.42. The lowest BCUT2D eigenvalue weighted by Crippen LogP contribution is -2.48. The summed E-state index contributed by atoms with van der Waals surface area (Å²) in [6, 6.07) is 13.0. The van der Waals surface area contributed by atoms with Crippen LogP contribution >= 0.6 is 0 Å². The zero-order valence-corrected chi connectivity index (χ0v) is 19.9. The first-order chi connectivity index (χ1) is 15.9. The van der Waals surface area contributed by atoms with Gasteiger partial charge in [-0.3, -0.25) is 4.90 Å². The van der Waals surface area contributed by atoms with E-state index in [0.29, 0.717) is 36.6 Å². The van der Waals surface area contributed by atoms with E-state index in [0.717, 1.165) is 11.1 Å². The first-order valence-electron chi connectivity index (χ1n) is 11.1. The monoisotopic (exact) mass is 456 g/mol. The van der Waals surface area contributed by atoms with Crippen molar-refractivity contribution in [1.29, 1.82) is 0 Å². The summed E-state index contributed by atoms with van der Waals surface area (Å²) in [4.78, 5) is 29.1. The molecular formula is C25H32N2O6. The van der Waals surface area contributed by atoms with Crippen LogP contribution in [0.1, 0.15) is 37.4 Å². The largest absolute Gasteiger partial charge is 0.493 e. The molecule has 0 unspecified atom stereocenters. The van der Waals surface area contributed by atoms with Crippen LogP contribution in [0.15, 0.2) is 42.5 Å². The maximum atomic E-state index is 12.9. The predicted molar refractivity (Wildman–Crippen MR) is 125 cm³/mol. The molecule has 0 saturated carbocycles. The summed E-state index contributed by atoms with van der Waals surface area (Å²) in [7, 11) is 4.48. The Labute approximate surface area is 195 Å². The van der Waals surface area contributed by atoms with Crippen molar-refractivity contribution in [2.24, 2.45) is 0 Å². The molecule has 8 nitrogen and oxygen atoms in total. The Hall–Kier alpha value is -3.42. The molecule has 8 heteroatoms. The van der Waals surface area contributed by atoms with E-state index in [-0.39, 0.29) is 18.7 Å². The van der Waals surface area contributed by atoms with Crippen LogP contribution in [-0.4, -0.2) is 57.6 Å². The third-order valence-electron chi connectivity index (χ3n) is 5.89. The average molecular weight is 457 g/mol. The Morgan fingerprint density at radius 2 is 1.73 bits per heavy atom. The van der Waals surface area contributed by atoms with Crippen LogP contribution in [0.5, 0.6) is 11.5 Å². The number of hydrogen-bond acceptors (Lipinski definition) is 6. The molecule has 2 aromatic rings. The van der Waals surface area contributed by atoms with Crippen LogP contribution in [0.4, 0.5) is 15.3 Å². The molecule has 2 amide bonds. The number of carbonyl (C=O) groups is 2. The van der Waals surface area contributed by atoms with Gasteiger partial charge in [-0.1, -0.05) is 30.3 Å². The summed E-state index contributed by atoms with van der Waals surface area (Å²) in [5.41, 5.74) is 2.52. The van der Waals surface area contributed by atoms with Gasteiger partial charge < -0.3 is 23.8 Å². The minimum atomic E-state index is -0.439. The molecule has 178 valence electrons. The van der Waals surface area contributed by atoms with Gasteiger partial charge in [0.15, 0.2) is 11.5 Å². The molecule has 2 aromatic carbocycles. The molecule has 0 radical (unpaired) electrons. The van der Waals surface area contributed by atoms with Crippen molar-refractivity contribution >= 4 is 17.9 Å². The maximum absolute atomic E-state index is 12.9. The smallest absolute Gasteiger partial charge is 0.414 e. The molecule has 1 heterocycles. The molecule has 0 aromatic heterocycles. The quantitative estimate of drug-likeness (QED) is 0.595. The van der Waals surface area contributed by atoms with E-state index in [4.69, 9.17) is 18.9 Å². The summed E-state index contributed by atoms with van der Waals surface area (Å²) in [5, 5.41) is 0. The van der Waals surface area contributed by atoms with E-state index in [2.05, 4.69) is 0 Å². The molecule has 0 N–H and O–H groups in total. The molecule has 3 rings (SSSR count). The predicted octanol–water partition coefficient (Wildman–Crippen LogP) is 4.81. The van der Waals surface area contributed by atoms with Crippen molar-refractivity contribution in [1.82, 2.24) is 4.90 Å². The minimum absolute atomic E-state index is 0.219. The third kappa shape index (κ3) is 5.16. The van der Waals surface area contributed by atoms with Gasteiger partial charge in [0.2, 0.25) is 0 Å². The average Bonchev–Trinajstić information content (AvgIpc) is 2.83. The molecule has 0 spiro atoms. The van der Waals surface area contributed by atoms with E-state index in [1.807, 2.05) is 43.3 Å². The van der Waals surface area contributed by atoms with Crippen molar-refractivity contribution in [2.75, 3.05) is 39.4 Å². The highest BCUT2D eigenvalue weighted by Gasteiger charge is 2.40. The molecule has 0 bridgehead atoms. The second kappa shape index (κ2) is 10.9. The molecular weight excluding hydrogens is 424 g/mol. The number of methoxy groups -OCH3 is 3. The van der Waals surface area contributed by atoms with Crippen LogP contribution in [0.25, 0.3) is 0 Å². The fourth-order valence-corrected chi connectivity index (χ4v) is 4.30. The topological polar surface area (TPSA) is 77.5 Å². The zero-order valence-electron chi connectivity index (χ0n) is 19.9. The number of anilines is 1. The lowest BCUT2D eigenvalue weighted by atomic mass is 9.90. The molecule has 0 aliphatic carbocycles. The van der Waals surface area contributed by atoms with Gasteiger partial charge in [-0.25, -0.2) is 9.59 Å². The molecule has 1 aliphatic heterocycles. The van der Waals surface area contributed by atoms with Gasteiger partial charge in [0.05, 0.1) is 39.7 Å². The van der Waals surface area contributed by atoms with Crippen molar-refractivity contribution in [2.45, 2.75) is 38.8 Å². The van der Waals surface area contributed by atoms with Gasteiger partial charge in [0.1, 0.15) is 0 Å². The summed E-state index contributed by atoms with van der Waals surface area (Å²) in [6.07, 6.45) is 0.329. The van der Waals surface area contributed by atoms with Crippen LogP contribution in [0.3, 0.4) is 0 Å². The Kier molecular flexibility index (Phi) is 8.03. The SMILES string of the molecule is CCOC(=O)N1c2cc(OC)c(OC)cc2[C@@H](N(CCc2ccccc2)C(=O)OC)C[C@H]1C. The summed E-state index contributed by atoms with van der Waals surface area (Å²) in [5.74, 6) is 1.01. The lowest BCUT2D eigenvalue weighted by molar-refractivity contribution is 0.0984. The van der Waals surface area contributed by atoms with Crippen molar-refractivity contribution in [3.05, 3.63) is 53.6 Å². The van der Waals surface area contributed by atoms with Crippen LogP contribution in [0.2, 0.25) is 0 Å². The van der Waals surface area contributed by atoms with Crippen LogP contribution in [0, 0.1) is 0 Å². The highest BCUT2D eigenvalue weighted by Crippen LogP contribution is 2.46. The first kappa shape index (κ1) is 24.2. The van der Waals surface area contributed by atoms with Crippen molar-refractivity contribution < 1.29 is 28.5 Å². The molecule has 0 fully saturated rings. The number of hydrogen-bond donors (Lipinski definition) is 0. The number of amides is 2. The number of carbonyl (C=O) groups excluding carboxylic acids is 2. The van der Waals surface area contributed by atoms with Gasteiger partial charge in [-0.05, 0) is 38.3 Å². The zero-order chi connectivity index (χ0) is 24.0. The highest BCUT2D eigenvalue weighted by molar-refractivity contribution is 5.91. The van der Waals surface area contributed by atoms with Gasteiger partial charge in [0, 0.05) is 24.2 Å². The van der Waals surface area contributed by atoms with Crippen LogP contribution < -0.4 is 14.4 Å². The molecule has 2 atom stereocenters. The first-order valence-corrected chi connectivity index (χ1v) is 11.1. The Morgan fingerprint density at radius 1 is 1.06 bits per heavy atom. The minimum Gasteiger partial charge on any atom is -0.493 e. The van der Waals surface area contributed by atoms with Gasteiger partial charge >= 0.3 is 12.2 Å². The Bertz CT molecular complexity index is 965. The summed E-state index contributed by atoms with van der Waals surface area (Å²) in [6.45, 7) is 4.43. The number of ether oxygens (including phenoxy) is 4. The van der Waals surface area contributed by atoms with E-state index in [1.54, 1.807) is 37.0 Å². The summed E-state index contributed by atoms with van der Waals surface area (Å²) >= 11 is 0. The van der Waals surface area contributed by atoms with E-state index >= 15 is 0 Å². The maximum Gasteiger partial charge on any atom is 0.414 e. The van der Waals surface area contributed by atoms with Gasteiger partial charge in [0.25, 0.3) is 0 Å². The standard InChI is InChI=1S/C25H32N2O6/c1-6-33-25(29)27-17(2)14-20(19-15-22(30-3)23(31-4)16-21(19)27)26(24(28)32-5)13-12-18-10-8-7-9-11-18/h7-11,15-17,20H,6,12-14H2,1-5H3/t17-,20+/m1/s1. The van der Waals surface area contributed by atoms with Crippen LogP contribution in [-0.2, 0) is 15.9 Å². The van der Waals surface area contributed by atoms with E-state index in [1.165, 1.54) is 7.11 Å². The Balaban J connectivity index is 2.06. The fourth-order valence-electron chi connectivity index (χ4n) is 4.30. The van der Waals surface area contributed by atoms with Crippen molar-refractivity contribution in [3.8, 4) is 11.5 Å². The third-order valence-corrected chi connectivity index (χ3v) is 5.89. The number of nitrogens with zero attached hydrogens (tertiary/aromatic N) is 2. The number of fused-ring (bicyclic) bond motifs is 1. The van der Waals surface area contributed by atoms with E-state index in [9.17, 15) is 9.59 Å². The normalized spacial score (nSPS) is 17.1. The Morgan fingerprint density at radius 3 is 2.33 bits per heavy atom.